The molecule has 0 heterocycles. The molecule has 3 aromatic carbocycles. The van der Waals surface area contributed by atoms with Crippen LogP contribution in [0.4, 0.5) is 0 Å². The molecule has 0 bridgehead atoms. The molecule has 0 radical (unpaired) electrons. The summed E-state index contributed by atoms with van der Waals surface area (Å²) in [5, 5.41) is 28.7. The molecule has 0 atom stereocenters. The predicted molar refractivity (Wildman–Crippen MR) is 127 cm³/mol. The van der Waals surface area contributed by atoms with Gasteiger partial charge in [-0.1, -0.05) is 34.8 Å². The Morgan fingerprint density at radius 1 is 0.516 bits per heavy atom. The highest BCUT2D eigenvalue weighted by atomic mass is 35.5. The average molecular weight is 510 g/mol. The van der Waals surface area contributed by atoms with Crippen molar-refractivity contribution in [2.24, 2.45) is 0 Å². The Hall–Kier alpha value is -1.76. The third-order valence-electron chi connectivity index (χ3n) is 3.42. The average Bonchev–Trinajstić information content (AvgIpc) is 2.66. The molecule has 0 aromatic heterocycles. The molecule has 0 spiro atoms. The first-order valence-electron chi connectivity index (χ1n) is 8.55. The van der Waals surface area contributed by atoms with Gasteiger partial charge in [0.25, 0.3) is 0 Å². The van der Waals surface area contributed by atoms with Gasteiger partial charge in [0.05, 0.1) is 0 Å². The van der Waals surface area contributed by atoms with Crippen LogP contribution in [-0.4, -0.2) is 30.0 Å². The van der Waals surface area contributed by atoms with Gasteiger partial charge in [-0.25, -0.2) is 0 Å². The third kappa shape index (κ3) is 14.0. The van der Waals surface area contributed by atoms with E-state index in [4.69, 9.17) is 64.8 Å². The largest absolute Gasteiger partial charge is 0.508 e. The van der Waals surface area contributed by atoms with E-state index in [1.807, 2.05) is 20.8 Å². The monoisotopic (exact) mass is 508 g/mol. The van der Waals surface area contributed by atoms with E-state index in [1.54, 1.807) is 54.6 Å². The van der Waals surface area contributed by atoms with Gasteiger partial charge in [-0.05, 0) is 92.1 Å². The highest BCUT2D eigenvalue weighted by Crippen LogP contribution is 2.20. The van der Waals surface area contributed by atoms with Gasteiger partial charge in [0.2, 0.25) is 0 Å². The van der Waals surface area contributed by atoms with Crippen molar-refractivity contribution in [3.63, 3.8) is 0 Å². The van der Waals surface area contributed by atoms with Crippen molar-refractivity contribution in [2.45, 2.75) is 20.8 Å². The minimum absolute atomic E-state index is 0.261. The quantitative estimate of drug-likeness (QED) is 0.199. The van der Waals surface area contributed by atoms with Crippen LogP contribution >= 0.6 is 43.4 Å². The summed E-state index contributed by atoms with van der Waals surface area (Å²) < 4.78 is 0. The summed E-state index contributed by atoms with van der Waals surface area (Å²) >= 11 is 17.0. The maximum atomic E-state index is 8.88. The highest BCUT2D eigenvalue weighted by molar-refractivity contribution is 7.38. The van der Waals surface area contributed by atoms with E-state index in [2.05, 4.69) is 0 Å². The Morgan fingerprint density at radius 2 is 0.710 bits per heavy atom. The van der Waals surface area contributed by atoms with Gasteiger partial charge in [-0.3, -0.25) is 0 Å². The third-order valence-corrected chi connectivity index (χ3v) is 4.70. The molecular formula is C21H24Cl3O6P. The summed E-state index contributed by atoms with van der Waals surface area (Å²) in [6, 6.07) is 14.6. The van der Waals surface area contributed by atoms with Gasteiger partial charge in [-0.2, -0.15) is 0 Å². The van der Waals surface area contributed by atoms with E-state index in [-0.39, 0.29) is 17.2 Å². The van der Waals surface area contributed by atoms with Crippen molar-refractivity contribution in [2.75, 3.05) is 0 Å². The first-order valence-corrected chi connectivity index (χ1v) is 10.9. The number of rotatable bonds is 0. The Balaban J connectivity index is 0.000000402. The molecule has 0 saturated heterocycles. The van der Waals surface area contributed by atoms with Gasteiger partial charge < -0.3 is 30.0 Å². The van der Waals surface area contributed by atoms with Crippen LogP contribution in [0.3, 0.4) is 0 Å². The van der Waals surface area contributed by atoms with Gasteiger partial charge in [0.15, 0.2) is 0 Å². The highest BCUT2D eigenvalue weighted by Gasteiger charge is 1.94. The minimum Gasteiger partial charge on any atom is -0.508 e. The van der Waals surface area contributed by atoms with Gasteiger partial charge in [0, 0.05) is 15.1 Å². The first kappa shape index (κ1) is 29.2. The molecule has 170 valence electrons. The van der Waals surface area contributed by atoms with E-state index in [1.165, 1.54) is 0 Å². The summed E-state index contributed by atoms with van der Waals surface area (Å²) in [6.07, 6.45) is 0. The van der Waals surface area contributed by atoms with Crippen molar-refractivity contribution >= 4 is 43.4 Å². The molecule has 0 aliphatic rings. The molecule has 0 aliphatic heterocycles. The van der Waals surface area contributed by atoms with Crippen LogP contribution in [0.15, 0.2) is 54.6 Å². The van der Waals surface area contributed by atoms with Crippen LogP contribution in [0, 0.1) is 20.8 Å². The second kappa shape index (κ2) is 15.1. The summed E-state index contributed by atoms with van der Waals surface area (Å²) in [6.45, 7) is 5.55. The standard InChI is InChI=1S/3C7H7ClO.H3O3P/c3*1-5-4-6(9)2-3-7(5)8;1-4(2)3/h3*2-4,9H,1H3;1-3H. The zero-order valence-corrected chi connectivity index (χ0v) is 20.1. The zero-order chi connectivity index (χ0) is 24.1. The van der Waals surface area contributed by atoms with E-state index >= 15 is 0 Å². The molecule has 0 fully saturated rings. The van der Waals surface area contributed by atoms with E-state index in [9.17, 15) is 0 Å². The Labute approximate surface area is 197 Å². The fourth-order valence-electron chi connectivity index (χ4n) is 1.89. The molecule has 31 heavy (non-hydrogen) atoms. The van der Waals surface area contributed by atoms with Crippen molar-refractivity contribution in [3.05, 3.63) is 86.4 Å². The van der Waals surface area contributed by atoms with Crippen LogP contribution in [0.5, 0.6) is 17.2 Å². The fourth-order valence-corrected chi connectivity index (χ4v) is 2.24. The molecule has 6 N–H and O–H groups in total. The maximum absolute atomic E-state index is 8.88. The van der Waals surface area contributed by atoms with Gasteiger partial charge in [0.1, 0.15) is 17.2 Å². The number of hydrogen-bond acceptors (Lipinski definition) is 6. The second-order valence-corrected chi connectivity index (χ2v) is 7.83. The Kier molecular flexibility index (Phi) is 14.3. The summed E-state index contributed by atoms with van der Waals surface area (Å²) in [7, 11) is -2.62. The van der Waals surface area contributed by atoms with E-state index in [0.717, 1.165) is 16.7 Å². The lowest BCUT2D eigenvalue weighted by atomic mass is 10.2. The lowest BCUT2D eigenvalue weighted by Gasteiger charge is -1.95. The molecule has 0 unspecified atom stereocenters. The second-order valence-electron chi connectivity index (χ2n) is 6.07. The van der Waals surface area contributed by atoms with Gasteiger partial charge in [-0.15, -0.1) is 0 Å². The van der Waals surface area contributed by atoms with Crippen LogP contribution in [0.2, 0.25) is 15.1 Å². The van der Waals surface area contributed by atoms with Crippen LogP contribution in [0.1, 0.15) is 16.7 Å². The van der Waals surface area contributed by atoms with Crippen LogP contribution in [0.25, 0.3) is 0 Å². The van der Waals surface area contributed by atoms with Crippen molar-refractivity contribution in [3.8, 4) is 17.2 Å². The van der Waals surface area contributed by atoms with Crippen molar-refractivity contribution in [1.29, 1.82) is 0 Å². The van der Waals surface area contributed by atoms with Crippen molar-refractivity contribution < 1.29 is 30.0 Å². The molecule has 0 saturated carbocycles. The number of hydrogen-bond donors (Lipinski definition) is 6. The number of phenolic OH excluding ortho intramolecular Hbond substituents is 3. The number of phenols is 3. The first-order chi connectivity index (χ1) is 14.3. The molecule has 0 amide bonds. The van der Waals surface area contributed by atoms with Crippen LogP contribution in [-0.2, 0) is 0 Å². The predicted octanol–water partition coefficient (Wildman–Crippen LogP) is 6.25. The smallest absolute Gasteiger partial charge is 0.324 e. The summed E-state index contributed by atoms with van der Waals surface area (Å²) in [4.78, 5) is 21.7. The van der Waals surface area contributed by atoms with E-state index in [0.29, 0.717) is 15.1 Å². The number of benzene rings is 3. The topological polar surface area (TPSA) is 121 Å². The number of halogens is 3. The summed E-state index contributed by atoms with van der Waals surface area (Å²) in [5.41, 5.74) is 2.70. The molecule has 3 aromatic rings. The van der Waals surface area contributed by atoms with Gasteiger partial charge >= 0.3 is 8.60 Å². The van der Waals surface area contributed by atoms with E-state index < -0.39 is 8.60 Å². The lowest BCUT2D eigenvalue weighted by Crippen LogP contribution is -1.71. The Bertz CT molecular complexity index is 834. The molecule has 6 nitrogen and oxygen atoms in total. The number of aromatic hydroxyl groups is 3. The summed E-state index contributed by atoms with van der Waals surface area (Å²) in [5.74, 6) is 0.783. The lowest BCUT2D eigenvalue weighted by molar-refractivity contribution is 0.368. The minimum atomic E-state index is -2.62. The number of aryl methyl sites for hydroxylation is 3. The molecule has 10 heteroatoms. The molecule has 0 aliphatic carbocycles. The SMILES string of the molecule is Cc1cc(O)ccc1Cl.Cc1cc(O)ccc1Cl.Cc1cc(O)ccc1Cl.OP(O)O. The normalized spacial score (nSPS) is 9.48. The molecule has 3 rings (SSSR count). The van der Waals surface area contributed by atoms with Crippen molar-refractivity contribution in [1.82, 2.24) is 0 Å². The maximum Gasteiger partial charge on any atom is 0.324 e. The van der Waals surface area contributed by atoms with Crippen LogP contribution < -0.4 is 0 Å². The Morgan fingerprint density at radius 3 is 0.839 bits per heavy atom. The zero-order valence-electron chi connectivity index (χ0n) is 17.0. The molecular weight excluding hydrogens is 486 g/mol. The fraction of sp³-hybridized carbons (Fsp3) is 0.143.